The first-order chi connectivity index (χ1) is 9.19. The molecular weight excluding hydrogens is 246 g/mol. The summed E-state index contributed by atoms with van der Waals surface area (Å²) in [4.78, 5) is 11.4. The molecule has 0 unspecified atom stereocenters. The number of aromatic hydroxyl groups is 2. The van der Waals surface area contributed by atoms with Crippen LogP contribution in [-0.2, 0) is 0 Å². The Labute approximate surface area is 108 Å². The Morgan fingerprint density at radius 3 is 2.47 bits per heavy atom. The van der Waals surface area contributed by atoms with Crippen LogP contribution < -0.4 is 4.74 Å². The number of ether oxygens (including phenoxy) is 1. The van der Waals surface area contributed by atoms with E-state index in [2.05, 4.69) is 15.0 Å². The number of aromatic amines is 1. The Balaban J connectivity index is 2.21. The molecule has 0 saturated carbocycles. The van der Waals surface area contributed by atoms with Gasteiger partial charge in [-0.05, 0) is 18.2 Å². The van der Waals surface area contributed by atoms with E-state index in [0.717, 1.165) is 0 Å². The van der Waals surface area contributed by atoms with Crippen molar-refractivity contribution in [3.05, 3.63) is 30.3 Å². The molecule has 0 aliphatic carbocycles. The third-order valence-electron chi connectivity index (χ3n) is 2.79. The number of rotatable bonds is 2. The number of hydrogen-bond acceptors (Lipinski definition) is 5. The average Bonchev–Trinajstić information content (AvgIpc) is 2.80. The molecule has 0 fully saturated rings. The summed E-state index contributed by atoms with van der Waals surface area (Å²) in [5.41, 5.74) is 1.40. The summed E-state index contributed by atoms with van der Waals surface area (Å²) in [5.74, 6) is 0.704. The second-order valence-electron chi connectivity index (χ2n) is 3.98. The van der Waals surface area contributed by atoms with E-state index < -0.39 is 0 Å². The van der Waals surface area contributed by atoms with Crippen LogP contribution in [0.15, 0.2) is 30.3 Å². The molecule has 96 valence electrons. The van der Waals surface area contributed by atoms with Crippen LogP contribution in [0.2, 0.25) is 0 Å². The van der Waals surface area contributed by atoms with Crippen LogP contribution in [0.4, 0.5) is 0 Å². The SMILES string of the molecule is COc1ccc2[nH]c(-c3c(O)cccc3O)nc2n1. The van der Waals surface area contributed by atoms with Crippen molar-refractivity contribution in [2.45, 2.75) is 0 Å². The monoisotopic (exact) mass is 257 g/mol. The lowest BCUT2D eigenvalue weighted by molar-refractivity contribution is 0.399. The number of nitrogens with one attached hydrogen (secondary N) is 1. The molecule has 0 spiro atoms. The van der Waals surface area contributed by atoms with E-state index in [9.17, 15) is 10.2 Å². The normalized spacial score (nSPS) is 10.8. The van der Waals surface area contributed by atoms with Crippen molar-refractivity contribution in [2.75, 3.05) is 7.11 Å². The lowest BCUT2D eigenvalue weighted by Crippen LogP contribution is -1.86. The molecule has 2 heterocycles. The largest absolute Gasteiger partial charge is 0.507 e. The molecule has 6 nitrogen and oxygen atoms in total. The van der Waals surface area contributed by atoms with Gasteiger partial charge in [-0.1, -0.05) is 6.07 Å². The fourth-order valence-electron chi connectivity index (χ4n) is 1.88. The molecule has 0 aliphatic rings. The molecule has 0 radical (unpaired) electrons. The molecule has 0 atom stereocenters. The average molecular weight is 257 g/mol. The summed E-state index contributed by atoms with van der Waals surface area (Å²) in [7, 11) is 1.52. The zero-order valence-electron chi connectivity index (χ0n) is 10.1. The number of phenolic OH excluding ortho intramolecular Hbond substituents is 2. The van der Waals surface area contributed by atoms with Crippen molar-refractivity contribution in [2.24, 2.45) is 0 Å². The number of methoxy groups -OCH3 is 1. The third kappa shape index (κ3) is 1.83. The van der Waals surface area contributed by atoms with Crippen molar-refractivity contribution in [1.82, 2.24) is 15.0 Å². The molecule has 0 amide bonds. The van der Waals surface area contributed by atoms with Crippen LogP contribution in [-0.4, -0.2) is 32.3 Å². The molecular formula is C13H11N3O3. The minimum absolute atomic E-state index is 0.0500. The minimum atomic E-state index is -0.0500. The van der Waals surface area contributed by atoms with Gasteiger partial charge in [0.25, 0.3) is 0 Å². The first-order valence-electron chi connectivity index (χ1n) is 5.61. The quantitative estimate of drug-likeness (QED) is 0.653. The highest BCUT2D eigenvalue weighted by atomic mass is 16.5. The molecule has 0 saturated heterocycles. The Morgan fingerprint density at radius 1 is 1.05 bits per heavy atom. The fourth-order valence-corrected chi connectivity index (χ4v) is 1.88. The van der Waals surface area contributed by atoms with Gasteiger partial charge in [0.2, 0.25) is 5.88 Å². The molecule has 2 aromatic heterocycles. The van der Waals surface area contributed by atoms with Crippen molar-refractivity contribution >= 4 is 11.2 Å². The maximum absolute atomic E-state index is 9.81. The van der Waals surface area contributed by atoms with Gasteiger partial charge in [0.15, 0.2) is 5.65 Å². The Morgan fingerprint density at radius 2 is 1.79 bits per heavy atom. The van der Waals surface area contributed by atoms with E-state index >= 15 is 0 Å². The number of phenols is 2. The zero-order valence-corrected chi connectivity index (χ0v) is 10.1. The second kappa shape index (κ2) is 4.16. The van der Waals surface area contributed by atoms with Crippen LogP contribution in [0.3, 0.4) is 0 Å². The van der Waals surface area contributed by atoms with Crippen LogP contribution in [0.1, 0.15) is 0 Å². The van der Waals surface area contributed by atoms with Crippen molar-refractivity contribution in [3.63, 3.8) is 0 Å². The Hall–Kier alpha value is -2.76. The molecule has 0 bridgehead atoms. The topological polar surface area (TPSA) is 91.3 Å². The van der Waals surface area contributed by atoms with E-state index in [-0.39, 0.29) is 17.1 Å². The van der Waals surface area contributed by atoms with E-state index in [1.807, 2.05) is 0 Å². The van der Waals surface area contributed by atoms with Crippen LogP contribution in [0, 0.1) is 0 Å². The third-order valence-corrected chi connectivity index (χ3v) is 2.79. The smallest absolute Gasteiger partial charge is 0.215 e. The maximum atomic E-state index is 9.81. The van der Waals surface area contributed by atoms with Crippen molar-refractivity contribution < 1.29 is 14.9 Å². The number of hydrogen-bond donors (Lipinski definition) is 3. The first kappa shape index (κ1) is 11.3. The summed E-state index contributed by atoms with van der Waals surface area (Å²) < 4.78 is 5.02. The van der Waals surface area contributed by atoms with E-state index in [0.29, 0.717) is 22.9 Å². The predicted molar refractivity (Wildman–Crippen MR) is 69.2 cm³/mol. The van der Waals surface area contributed by atoms with Gasteiger partial charge < -0.3 is 19.9 Å². The lowest BCUT2D eigenvalue weighted by atomic mass is 10.1. The Kier molecular flexibility index (Phi) is 2.49. The predicted octanol–water partition coefficient (Wildman–Crippen LogP) is 2.04. The van der Waals surface area contributed by atoms with Gasteiger partial charge in [-0.3, -0.25) is 0 Å². The second-order valence-corrected chi connectivity index (χ2v) is 3.98. The number of pyridine rings is 1. The zero-order chi connectivity index (χ0) is 13.4. The van der Waals surface area contributed by atoms with Gasteiger partial charge in [-0.15, -0.1) is 0 Å². The van der Waals surface area contributed by atoms with Gasteiger partial charge >= 0.3 is 0 Å². The van der Waals surface area contributed by atoms with E-state index in [4.69, 9.17) is 4.74 Å². The highest BCUT2D eigenvalue weighted by Gasteiger charge is 2.14. The number of nitrogens with zero attached hydrogens (tertiary/aromatic N) is 2. The molecule has 6 heteroatoms. The standard InChI is InChI=1S/C13H11N3O3/c1-19-10-6-5-7-12(15-10)16-13(14-7)11-8(17)3-2-4-9(11)18/h2-6,17-18H,1H3,(H,14,15,16). The van der Waals surface area contributed by atoms with Gasteiger partial charge in [-0.25, -0.2) is 4.98 Å². The summed E-state index contributed by atoms with van der Waals surface area (Å²) in [6, 6.07) is 7.99. The molecule has 3 aromatic rings. The highest BCUT2D eigenvalue weighted by Crippen LogP contribution is 2.35. The van der Waals surface area contributed by atoms with Gasteiger partial charge in [-0.2, -0.15) is 4.98 Å². The molecule has 3 N–H and O–H groups in total. The number of H-pyrrole nitrogens is 1. The maximum Gasteiger partial charge on any atom is 0.215 e. The Bertz CT molecular complexity index is 732. The molecule has 0 aliphatic heterocycles. The summed E-state index contributed by atoms with van der Waals surface area (Å²) in [5, 5.41) is 19.6. The molecule has 1 aromatic carbocycles. The lowest BCUT2D eigenvalue weighted by Gasteiger charge is -2.02. The minimum Gasteiger partial charge on any atom is -0.507 e. The van der Waals surface area contributed by atoms with E-state index in [1.54, 1.807) is 18.2 Å². The van der Waals surface area contributed by atoms with Crippen LogP contribution >= 0.6 is 0 Å². The van der Waals surface area contributed by atoms with E-state index in [1.165, 1.54) is 19.2 Å². The molecule has 19 heavy (non-hydrogen) atoms. The first-order valence-corrected chi connectivity index (χ1v) is 5.61. The summed E-state index contributed by atoms with van der Waals surface area (Å²) in [6.07, 6.45) is 0. The van der Waals surface area contributed by atoms with Crippen molar-refractivity contribution in [3.8, 4) is 28.8 Å². The number of benzene rings is 1. The van der Waals surface area contributed by atoms with Crippen LogP contribution in [0.25, 0.3) is 22.6 Å². The number of fused-ring (bicyclic) bond motifs is 1. The highest BCUT2D eigenvalue weighted by molar-refractivity contribution is 5.80. The van der Waals surface area contributed by atoms with Gasteiger partial charge in [0.05, 0.1) is 12.6 Å². The van der Waals surface area contributed by atoms with Crippen LogP contribution in [0.5, 0.6) is 17.4 Å². The molecule has 3 rings (SSSR count). The van der Waals surface area contributed by atoms with Gasteiger partial charge in [0, 0.05) is 6.07 Å². The van der Waals surface area contributed by atoms with Gasteiger partial charge in [0.1, 0.15) is 22.9 Å². The number of aromatic nitrogens is 3. The summed E-state index contributed by atoms with van der Waals surface area (Å²) in [6.45, 7) is 0. The number of imidazole rings is 1. The van der Waals surface area contributed by atoms with Crippen molar-refractivity contribution in [1.29, 1.82) is 0 Å². The fraction of sp³-hybridized carbons (Fsp3) is 0.0769. The summed E-state index contributed by atoms with van der Waals surface area (Å²) >= 11 is 0.